The van der Waals surface area contributed by atoms with Gasteiger partial charge in [-0.1, -0.05) is 18.2 Å². The van der Waals surface area contributed by atoms with Crippen molar-refractivity contribution in [1.29, 1.82) is 0 Å². The third kappa shape index (κ3) is 3.75. The summed E-state index contributed by atoms with van der Waals surface area (Å²) in [5.41, 5.74) is 1.14. The van der Waals surface area contributed by atoms with Crippen LogP contribution < -0.4 is 13.8 Å². The van der Waals surface area contributed by atoms with Crippen LogP contribution in [0.3, 0.4) is 0 Å². The zero-order chi connectivity index (χ0) is 20.6. The molecule has 0 aromatic heterocycles. The van der Waals surface area contributed by atoms with Gasteiger partial charge in [-0.05, 0) is 54.4 Å². The Bertz CT molecular complexity index is 1180. The maximum Gasteiger partial charge on any atom is 0.264 e. The predicted octanol–water partition coefficient (Wildman–Crippen LogP) is 4.40. The van der Waals surface area contributed by atoms with Gasteiger partial charge in [-0.3, -0.25) is 4.31 Å². The van der Waals surface area contributed by atoms with Crippen molar-refractivity contribution >= 4 is 15.7 Å². The van der Waals surface area contributed by atoms with Crippen molar-refractivity contribution in [2.75, 3.05) is 11.1 Å². The number of sulfonamides is 1. The van der Waals surface area contributed by atoms with Crippen molar-refractivity contribution in [1.82, 2.24) is 0 Å². The number of halogens is 2. The minimum absolute atomic E-state index is 0.0401. The van der Waals surface area contributed by atoms with Crippen molar-refractivity contribution in [2.45, 2.75) is 18.4 Å². The molecular weight excluding hydrogens is 400 g/mol. The van der Waals surface area contributed by atoms with Gasteiger partial charge in [-0.25, -0.2) is 17.2 Å². The van der Waals surface area contributed by atoms with Crippen LogP contribution >= 0.6 is 0 Å². The molecule has 0 bridgehead atoms. The van der Waals surface area contributed by atoms with E-state index in [0.717, 1.165) is 10.4 Å². The summed E-state index contributed by atoms with van der Waals surface area (Å²) in [4.78, 5) is -0.161. The Morgan fingerprint density at radius 2 is 1.69 bits per heavy atom. The van der Waals surface area contributed by atoms with E-state index in [1.165, 1.54) is 36.4 Å². The van der Waals surface area contributed by atoms with Gasteiger partial charge in [-0.15, -0.1) is 0 Å². The highest BCUT2D eigenvalue weighted by atomic mass is 32.2. The van der Waals surface area contributed by atoms with Crippen LogP contribution in [0.25, 0.3) is 0 Å². The number of hydrogen-bond acceptors (Lipinski definition) is 4. The second-order valence-corrected chi connectivity index (χ2v) is 8.42. The summed E-state index contributed by atoms with van der Waals surface area (Å²) in [6, 6.07) is 14.0. The summed E-state index contributed by atoms with van der Waals surface area (Å²) in [6.45, 7) is 1.49. The molecule has 5 nitrogen and oxygen atoms in total. The summed E-state index contributed by atoms with van der Waals surface area (Å²) in [7, 11) is -4.16. The molecule has 0 saturated carbocycles. The molecule has 0 atom stereocenters. The van der Waals surface area contributed by atoms with Crippen molar-refractivity contribution in [3.63, 3.8) is 0 Å². The first kappa shape index (κ1) is 19.2. The Balaban J connectivity index is 1.84. The molecule has 0 saturated heterocycles. The molecule has 1 aliphatic heterocycles. The molecule has 0 spiro atoms. The summed E-state index contributed by atoms with van der Waals surface area (Å²) >= 11 is 0. The Morgan fingerprint density at radius 3 is 2.48 bits per heavy atom. The molecule has 1 heterocycles. The summed E-state index contributed by atoms with van der Waals surface area (Å²) < 4.78 is 66.2. The lowest BCUT2D eigenvalue weighted by Gasteiger charge is -2.26. The molecule has 0 amide bonds. The first-order chi connectivity index (χ1) is 13.8. The highest BCUT2D eigenvalue weighted by Crippen LogP contribution is 2.38. The SMILES string of the molecule is Cc1ccc(F)cc1S(=O)(=O)N(Cc1cccc(F)c1)c1ccc2c(c1)OCO2. The first-order valence-electron chi connectivity index (χ1n) is 8.77. The summed E-state index contributed by atoms with van der Waals surface area (Å²) in [6.07, 6.45) is 0. The van der Waals surface area contributed by atoms with Crippen LogP contribution in [0.5, 0.6) is 11.5 Å². The molecule has 4 rings (SSSR count). The third-order valence-corrected chi connectivity index (χ3v) is 6.49. The van der Waals surface area contributed by atoms with Gasteiger partial charge in [0.25, 0.3) is 10.0 Å². The smallest absolute Gasteiger partial charge is 0.264 e. The maximum atomic E-state index is 13.8. The second-order valence-electron chi connectivity index (χ2n) is 6.59. The lowest BCUT2D eigenvalue weighted by Crippen LogP contribution is -2.31. The van der Waals surface area contributed by atoms with E-state index in [2.05, 4.69) is 0 Å². The molecule has 150 valence electrons. The molecule has 8 heteroatoms. The molecule has 1 aliphatic rings. The van der Waals surface area contributed by atoms with Gasteiger partial charge in [0.1, 0.15) is 11.6 Å². The molecule has 0 N–H and O–H groups in total. The van der Waals surface area contributed by atoms with Gasteiger partial charge in [-0.2, -0.15) is 0 Å². The normalized spacial score (nSPS) is 12.8. The third-order valence-electron chi connectivity index (χ3n) is 4.58. The molecule has 0 unspecified atom stereocenters. The number of nitrogens with zero attached hydrogens (tertiary/aromatic N) is 1. The highest BCUT2D eigenvalue weighted by molar-refractivity contribution is 7.92. The number of fused-ring (bicyclic) bond motifs is 1. The summed E-state index contributed by atoms with van der Waals surface area (Å²) in [5.74, 6) is -0.241. The number of rotatable bonds is 5. The van der Waals surface area contributed by atoms with Gasteiger partial charge in [0, 0.05) is 6.07 Å². The summed E-state index contributed by atoms with van der Waals surface area (Å²) in [5, 5.41) is 0. The standard InChI is InChI=1S/C21H17F2NO4S/c1-14-5-6-17(23)10-21(14)29(25,26)24(12-15-3-2-4-16(22)9-15)18-7-8-19-20(11-18)28-13-27-19/h2-11H,12-13H2,1H3. The number of benzene rings is 3. The Kier molecular flexibility index (Phi) is 4.87. The quantitative estimate of drug-likeness (QED) is 0.618. The van der Waals surface area contributed by atoms with Crippen molar-refractivity contribution in [3.8, 4) is 11.5 Å². The minimum Gasteiger partial charge on any atom is -0.454 e. The fourth-order valence-corrected chi connectivity index (χ4v) is 4.81. The number of anilines is 1. The van der Waals surface area contributed by atoms with E-state index in [1.54, 1.807) is 25.1 Å². The molecule has 0 radical (unpaired) electrons. The molecular formula is C21H17F2NO4S. The lowest BCUT2D eigenvalue weighted by atomic mass is 10.2. The van der Waals surface area contributed by atoms with Gasteiger partial charge in [0.2, 0.25) is 6.79 Å². The topological polar surface area (TPSA) is 55.8 Å². The molecule has 3 aromatic carbocycles. The number of ether oxygens (including phenoxy) is 2. The van der Waals surface area contributed by atoms with Crippen LogP contribution in [0.1, 0.15) is 11.1 Å². The van der Waals surface area contributed by atoms with Gasteiger partial charge in [0.05, 0.1) is 17.1 Å². The van der Waals surface area contributed by atoms with Crippen molar-refractivity contribution in [2.24, 2.45) is 0 Å². The number of aryl methyl sites for hydroxylation is 1. The molecule has 29 heavy (non-hydrogen) atoms. The first-order valence-corrected chi connectivity index (χ1v) is 10.2. The Labute approximate surface area is 167 Å². The van der Waals surface area contributed by atoms with E-state index in [0.29, 0.717) is 28.3 Å². The fraction of sp³-hybridized carbons (Fsp3) is 0.143. The zero-order valence-corrected chi connectivity index (χ0v) is 16.2. The van der Waals surface area contributed by atoms with Crippen LogP contribution in [0.4, 0.5) is 14.5 Å². The average Bonchev–Trinajstić information content (AvgIpc) is 3.15. The van der Waals surface area contributed by atoms with Crippen LogP contribution in [-0.2, 0) is 16.6 Å². The highest BCUT2D eigenvalue weighted by Gasteiger charge is 2.29. The van der Waals surface area contributed by atoms with Crippen LogP contribution in [0.15, 0.2) is 65.6 Å². The van der Waals surface area contributed by atoms with E-state index in [-0.39, 0.29) is 18.2 Å². The number of hydrogen-bond donors (Lipinski definition) is 0. The van der Waals surface area contributed by atoms with Gasteiger partial charge >= 0.3 is 0 Å². The lowest BCUT2D eigenvalue weighted by molar-refractivity contribution is 0.174. The van der Waals surface area contributed by atoms with Crippen LogP contribution in [0, 0.1) is 18.6 Å². The van der Waals surface area contributed by atoms with E-state index in [1.807, 2.05) is 0 Å². The zero-order valence-electron chi connectivity index (χ0n) is 15.4. The fourth-order valence-electron chi connectivity index (χ4n) is 3.13. The average molecular weight is 417 g/mol. The van der Waals surface area contributed by atoms with Gasteiger partial charge < -0.3 is 9.47 Å². The molecule has 3 aromatic rings. The van der Waals surface area contributed by atoms with Gasteiger partial charge in [0.15, 0.2) is 11.5 Å². The maximum absolute atomic E-state index is 13.8. The van der Waals surface area contributed by atoms with Crippen LogP contribution in [0.2, 0.25) is 0 Å². The largest absolute Gasteiger partial charge is 0.454 e. The van der Waals surface area contributed by atoms with E-state index < -0.39 is 21.7 Å². The van der Waals surface area contributed by atoms with E-state index >= 15 is 0 Å². The Morgan fingerprint density at radius 1 is 0.931 bits per heavy atom. The van der Waals surface area contributed by atoms with Crippen molar-refractivity contribution in [3.05, 3.63) is 83.4 Å². The predicted molar refractivity (Wildman–Crippen MR) is 103 cm³/mol. The van der Waals surface area contributed by atoms with E-state index in [4.69, 9.17) is 9.47 Å². The van der Waals surface area contributed by atoms with Crippen LogP contribution in [-0.4, -0.2) is 15.2 Å². The minimum atomic E-state index is -4.16. The molecule has 0 aliphatic carbocycles. The van der Waals surface area contributed by atoms with Crippen molar-refractivity contribution < 1.29 is 26.7 Å². The Hall–Kier alpha value is -3.13. The monoisotopic (exact) mass is 417 g/mol. The molecule has 0 fully saturated rings. The van der Waals surface area contributed by atoms with E-state index in [9.17, 15) is 17.2 Å². The second kappa shape index (κ2) is 7.36.